The minimum Gasteiger partial charge on any atom is -0.349 e. The molecule has 0 spiro atoms. The predicted molar refractivity (Wildman–Crippen MR) is 75.5 cm³/mol. The summed E-state index contributed by atoms with van der Waals surface area (Å²) in [6.45, 7) is 3.85. The van der Waals surface area contributed by atoms with E-state index in [1.165, 1.54) is 0 Å². The van der Waals surface area contributed by atoms with Crippen LogP contribution in [0.2, 0.25) is 0 Å². The van der Waals surface area contributed by atoms with Crippen molar-refractivity contribution in [2.45, 2.75) is 32.6 Å². The van der Waals surface area contributed by atoms with Crippen LogP contribution in [0.25, 0.3) is 0 Å². The van der Waals surface area contributed by atoms with Crippen LogP contribution in [0.15, 0.2) is 0 Å². The molecule has 1 aliphatic heterocycles. The third-order valence-electron chi connectivity index (χ3n) is 3.87. The molecule has 2 amide bonds. The molecule has 0 bridgehead atoms. The van der Waals surface area contributed by atoms with Crippen LogP contribution in [0, 0.1) is 11.8 Å². The van der Waals surface area contributed by atoms with Crippen LogP contribution in [-0.2, 0) is 9.59 Å². The Morgan fingerprint density at radius 2 is 1.89 bits per heavy atom. The van der Waals surface area contributed by atoms with Crippen LogP contribution in [0.5, 0.6) is 0 Å². The number of carbonyl (C=O) groups is 2. The Kier molecular flexibility index (Phi) is 6.28. The average Bonchev–Trinajstić information content (AvgIpc) is 2.43. The summed E-state index contributed by atoms with van der Waals surface area (Å²) in [6.07, 6.45) is 3.37. The minimum atomic E-state index is -0.0499. The fourth-order valence-corrected chi connectivity index (χ4v) is 2.66. The maximum absolute atomic E-state index is 12.3. The highest BCUT2D eigenvalue weighted by molar-refractivity contribution is 5.81. The van der Waals surface area contributed by atoms with Crippen LogP contribution >= 0.6 is 0 Å². The second kappa shape index (κ2) is 7.48. The van der Waals surface area contributed by atoms with Crippen LogP contribution in [0.1, 0.15) is 32.6 Å². The van der Waals surface area contributed by atoms with E-state index in [4.69, 9.17) is 5.73 Å². The monoisotopic (exact) mass is 269 g/mol. The predicted octanol–water partition coefficient (Wildman–Crippen LogP) is 0.688. The quantitative estimate of drug-likeness (QED) is 0.798. The molecule has 1 fully saturated rings. The van der Waals surface area contributed by atoms with Gasteiger partial charge in [0.15, 0.2) is 0 Å². The zero-order chi connectivity index (χ0) is 14.4. The Balaban J connectivity index is 2.49. The van der Waals surface area contributed by atoms with E-state index in [1.54, 1.807) is 19.0 Å². The van der Waals surface area contributed by atoms with E-state index in [-0.39, 0.29) is 23.7 Å². The van der Waals surface area contributed by atoms with Crippen molar-refractivity contribution in [2.75, 3.05) is 33.7 Å². The average molecular weight is 269 g/mol. The van der Waals surface area contributed by atoms with Crippen molar-refractivity contribution in [1.82, 2.24) is 9.80 Å². The summed E-state index contributed by atoms with van der Waals surface area (Å²) in [4.78, 5) is 27.7. The number of carbonyl (C=O) groups excluding carboxylic acids is 2. The van der Waals surface area contributed by atoms with Gasteiger partial charge in [-0.05, 0) is 19.3 Å². The highest BCUT2D eigenvalue weighted by Crippen LogP contribution is 2.21. The molecule has 1 heterocycles. The van der Waals surface area contributed by atoms with Gasteiger partial charge in [0.25, 0.3) is 0 Å². The summed E-state index contributed by atoms with van der Waals surface area (Å²) in [5, 5.41) is 0. The molecular weight excluding hydrogens is 242 g/mol. The van der Waals surface area contributed by atoms with Crippen LogP contribution in [0.4, 0.5) is 0 Å². The summed E-state index contributed by atoms with van der Waals surface area (Å²) in [7, 11) is 3.57. The minimum absolute atomic E-state index is 0.0499. The summed E-state index contributed by atoms with van der Waals surface area (Å²) >= 11 is 0. The summed E-state index contributed by atoms with van der Waals surface area (Å²) in [5.74, 6) is 0.365. The van der Waals surface area contributed by atoms with E-state index in [0.29, 0.717) is 19.6 Å². The van der Waals surface area contributed by atoms with E-state index in [9.17, 15) is 9.59 Å². The van der Waals surface area contributed by atoms with Gasteiger partial charge in [-0.25, -0.2) is 0 Å². The first-order valence-corrected chi connectivity index (χ1v) is 7.21. The molecule has 5 nitrogen and oxygen atoms in total. The zero-order valence-electron chi connectivity index (χ0n) is 12.4. The van der Waals surface area contributed by atoms with E-state index < -0.39 is 0 Å². The van der Waals surface area contributed by atoms with Crippen molar-refractivity contribution in [1.29, 1.82) is 0 Å². The van der Waals surface area contributed by atoms with Crippen LogP contribution in [0.3, 0.4) is 0 Å². The van der Waals surface area contributed by atoms with E-state index in [0.717, 1.165) is 25.7 Å². The Morgan fingerprint density at radius 1 is 1.32 bits per heavy atom. The Bertz CT molecular complexity index is 310. The third-order valence-corrected chi connectivity index (χ3v) is 3.87. The maximum atomic E-state index is 12.3. The number of nitrogens with two attached hydrogens (primary N) is 1. The molecule has 1 saturated heterocycles. The van der Waals surface area contributed by atoms with E-state index in [1.807, 2.05) is 4.90 Å². The number of nitrogens with zero attached hydrogens (tertiary/aromatic N) is 2. The number of piperidine rings is 1. The molecule has 0 aromatic carbocycles. The molecule has 1 rings (SSSR count). The van der Waals surface area contributed by atoms with Gasteiger partial charge in [0.2, 0.25) is 11.8 Å². The summed E-state index contributed by atoms with van der Waals surface area (Å²) in [6, 6.07) is 0. The molecule has 1 aliphatic rings. The van der Waals surface area contributed by atoms with Gasteiger partial charge < -0.3 is 15.5 Å². The van der Waals surface area contributed by atoms with Gasteiger partial charge >= 0.3 is 0 Å². The SMILES string of the molecule is CCCC(CN)C(=O)N1CCC(C(=O)N(C)C)CC1. The van der Waals surface area contributed by atoms with Gasteiger partial charge in [-0.2, -0.15) is 0 Å². The summed E-state index contributed by atoms with van der Waals surface area (Å²) in [5.41, 5.74) is 5.67. The molecule has 1 atom stereocenters. The lowest BCUT2D eigenvalue weighted by atomic mass is 9.93. The summed E-state index contributed by atoms with van der Waals surface area (Å²) < 4.78 is 0. The van der Waals surface area contributed by atoms with Gasteiger partial charge in [0.1, 0.15) is 0 Å². The molecule has 5 heteroatoms. The number of likely N-dealkylation sites (tertiary alicyclic amines) is 1. The Morgan fingerprint density at radius 3 is 2.32 bits per heavy atom. The molecule has 0 aromatic rings. The highest BCUT2D eigenvalue weighted by Gasteiger charge is 2.30. The van der Waals surface area contributed by atoms with Crippen molar-refractivity contribution >= 4 is 11.8 Å². The number of amides is 2. The van der Waals surface area contributed by atoms with Gasteiger partial charge in [-0.15, -0.1) is 0 Å². The molecule has 0 aliphatic carbocycles. The lowest BCUT2D eigenvalue weighted by molar-refractivity contribution is -0.141. The van der Waals surface area contributed by atoms with E-state index in [2.05, 4.69) is 6.92 Å². The highest BCUT2D eigenvalue weighted by atomic mass is 16.2. The normalized spacial score (nSPS) is 18.2. The van der Waals surface area contributed by atoms with Gasteiger partial charge in [0.05, 0.1) is 5.92 Å². The molecule has 1 unspecified atom stereocenters. The second-order valence-electron chi connectivity index (χ2n) is 5.55. The second-order valence-corrected chi connectivity index (χ2v) is 5.55. The lowest BCUT2D eigenvalue weighted by Crippen LogP contribution is -2.46. The first-order chi connectivity index (χ1) is 9.01. The van der Waals surface area contributed by atoms with Crippen molar-refractivity contribution in [3.05, 3.63) is 0 Å². The van der Waals surface area contributed by atoms with Gasteiger partial charge in [-0.3, -0.25) is 9.59 Å². The van der Waals surface area contributed by atoms with Gasteiger partial charge in [-0.1, -0.05) is 13.3 Å². The maximum Gasteiger partial charge on any atom is 0.226 e. The van der Waals surface area contributed by atoms with Gasteiger partial charge in [0, 0.05) is 39.6 Å². The van der Waals surface area contributed by atoms with Crippen LogP contribution in [-0.4, -0.2) is 55.3 Å². The molecule has 0 saturated carbocycles. The molecule has 0 radical (unpaired) electrons. The van der Waals surface area contributed by atoms with Crippen molar-refractivity contribution < 1.29 is 9.59 Å². The van der Waals surface area contributed by atoms with Crippen molar-refractivity contribution in [3.63, 3.8) is 0 Å². The molecule has 110 valence electrons. The molecule has 2 N–H and O–H groups in total. The van der Waals surface area contributed by atoms with E-state index >= 15 is 0 Å². The fourth-order valence-electron chi connectivity index (χ4n) is 2.66. The first kappa shape index (κ1) is 16.0. The fraction of sp³-hybridized carbons (Fsp3) is 0.857. The largest absolute Gasteiger partial charge is 0.349 e. The smallest absolute Gasteiger partial charge is 0.226 e. The molecular formula is C14H27N3O2. The standard InChI is InChI=1S/C14H27N3O2/c1-4-5-12(10-15)14(19)17-8-6-11(7-9-17)13(18)16(2)3/h11-12H,4-10,15H2,1-3H3. The molecule has 0 aromatic heterocycles. The third kappa shape index (κ3) is 4.20. The van der Waals surface area contributed by atoms with Crippen LogP contribution < -0.4 is 5.73 Å². The zero-order valence-corrected chi connectivity index (χ0v) is 12.4. The lowest BCUT2D eigenvalue weighted by Gasteiger charge is -2.34. The van der Waals surface area contributed by atoms with Crippen molar-refractivity contribution in [3.8, 4) is 0 Å². The number of hydrogen-bond acceptors (Lipinski definition) is 3. The Labute approximate surface area is 116 Å². The Hall–Kier alpha value is -1.10. The molecule has 19 heavy (non-hydrogen) atoms. The number of rotatable bonds is 5. The van der Waals surface area contributed by atoms with Crippen molar-refractivity contribution in [2.24, 2.45) is 17.6 Å². The number of hydrogen-bond donors (Lipinski definition) is 1. The first-order valence-electron chi connectivity index (χ1n) is 7.21. The topological polar surface area (TPSA) is 66.6 Å².